The number of aromatic nitrogens is 2. The average molecular weight is 349 g/mol. The second-order valence-corrected chi connectivity index (χ2v) is 5.33. The van der Waals surface area contributed by atoms with Crippen LogP contribution < -0.4 is 10.5 Å². The zero-order chi connectivity index (χ0) is 15.4. The summed E-state index contributed by atoms with van der Waals surface area (Å²) in [6.07, 6.45) is 0.853. The van der Waals surface area contributed by atoms with E-state index in [0.29, 0.717) is 23.6 Å². The maximum absolute atomic E-state index is 9.13. The van der Waals surface area contributed by atoms with Gasteiger partial charge in [-0.05, 0) is 47.5 Å². The Labute approximate surface area is 132 Å². The van der Waals surface area contributed by atoms with Gasteiger partial charge < -0.3 is 10.5 Å². The van der Waals surface area contributed by atoms with Crippen molar-refractivity contribution in [2.75, 3.05) is 5.73 Å². The normalized spacial score (nSPS) is 10.4. The topological polar surface area (TPSA) is 76.9 Å². The minimum absolute atomic E-state index is 0.347. The van der Waals surface area contributed by atoms with Crippen LogP contribution in [0.4, 0.5) is 5.69 Å². The maximum atomic E-state index is 9.13. The van der Waals surface area contributed by atoms with Crippen molar-refractivity contribution < 1.29 is 4.74 Å². The van der Waals surface area contributed by atoms with Gasteiger partial charge in [0.25, 0.3) is 0 Å². The van der Waals surface area contributed by atoms with Gasteiger partial charge in [-0.1, -0.05) is 6.92 Å². The van der Waals surface area contributed by atoms with Crippen molar-refractivity contribution in [3.63, 3.8) is 0 Å². The third-order valence-corrected chi connectivity index (χ3v) is 4.10. The molecule has 2 rings (SSSR count). The van der Waals surface area contributed by atoms with Crippen LogP contribution in [-0.2, 0) is 19.6 Å². The van der Waals surface area contributed by atoms with Gasteiger partial charge in [-0.3, -0.25) is 4.68 Å². The summed E-state index contributed by atoms with van der Waals surface area (Å²) in [5.74, 6) is 0.528. The number of nitriles is 1. The Morgan fingerprint density at radius 3 is 2.81 bits per heavy atom. The molecule has 0 unspecified atom stereocenters. The van der Waals surface area contributed by atoms with E-state index < -0.39 is 0 Å². The largest absolute Gasteiger partial charge is 0.486 e. The molecule has 1 heterocycles. The van der Waals surface area contributed by atoms with Gasteiger partial charge in [-0.15, -0.1) is 0 Å². The van der Waals surface area contributed by atoms with Crippen molar-refractivity contribution in [2.24, 2.45) is 0 Å². The molecule has 1 aromatic carbocycles. The monoisotopic (exact) mass is 348 g/mol. The first kappa shape index (κ1) is 15.4. The summed E-state index contributed by atoms with van der Waals surface area (Å²) >= 11 is 3.58. The van der Waals surface area contributed by atoms with Gasteiger partial charge in [-0.2, -0.15) is 10.4 Å². The molecule has 0 saturated carbocycles. The van der Waals surface area contributed by atoms with Crippen LogP contribution in [0.15, 0.2) is 22.7 Å². The highest BCUT2D eigenvalue weighted by Crippen LogP contribution is 2.26. The van der Waals surface area contributed by atoms with E-state index >= 15 is 0 Å². The SMILES string of the molecule is CCc1nn(CC)c(COc2ccc(N)cc2C#N)c1Br. The highest BCUT2D eigenvalue weighted by atomic mass is 79.9. The Morgan fingerprint density at radius 2 is 2.19 bits per heavy atom. The van der Waals surface area contributed by atoms with Gasteiger partial charge in [-0.25, -0.2) is 0 Å². The Kier molecular flexibility index (Phi) is 4.86. The molecule has 0 aliphatic carbocycles. The molecule has 21 heavy (non-hydrogen) atoms. The van der Waals surface area contributed by atoms with E-state index in [1.165, 1.54) is 0 Å². The van der Waals surface area contributed by atoms with Crippen molar-refractivity contribution in [3.8, 4) is 11.8 Å². The lowest BCUT2D eigenvalue weighted by molar-refractivity contribution is 0.291. The van der Waals surface area contributed by atoms with E-state index in [1.54, 1.807) is 18.2 Å². The van der Waals surface area contributed by atoms with Crippen LogP contribution in [0, 0.1) is 11.3 Å². The minimum atomic E-state index is 0.347. The molecule has 5 nitrogen and oxygen atoms in total. The second-order valence-electron chi connectivity index (χ2n) is 4.53. The molecule has 0 amide bonds. The third-order valence-electron chi connectivity index (χ3n) is 3.18. The van der Waals surface area contributed by atoms with Gasteiger partial charge in [0, 0.05) is 12.2 Å². The number of anilines is 1. The number of nitrogens with zero attached hydrogens (tertiary/aromatic N) is 3. The van der Waals surface area contributed by atoms with Gasteiger partial charge in [0.05, 0.1) is 21.4 Å². The van der Waals surface area contributed by atoms with Crippen molar-refractivity contribution in [3.05, 3.63) is 39.6 Å². The highest BCUT2D eigenvalue weighted by Gasteiger charge is 2.15. The van der Waals surface area contributed by atoms with Crippen LogP contribution >= 0.6 is 15.9 Å². The summed E-state index contributed by atoms with van der Waals surface area (Å²) in [4.78, 5) is 0. The molecule has 2 N–H and O–H groups in total. The summed E-state index contributed by atoms with van der Waals surface area (Å²) in [7, 11) is 0. The minimum Gasteiger partial charge on any atom is -0.486 e. The van der Waals surface area contributed by atoms with Crippen molar-refractivity contribution in [1.82, 2.24) is 9.78 Å². The van der Waals surface area contributed by atoms with Gasteiger partial charge >= 0.3 is 0 Å². The number of ether oxygens (including phenoxy) is 1. The standard InChI is InChI=1S/C15H17BrN4O/c1-3-12-15(16)13(20(4-2)19-12)9-21-14-6-5-11(18)7-10(14)8-17/h5-7H,3-4,9,18H2,1-2H3. The van der Waals surface area contributed by atoms with E-state index in [0.717, 1.165) is 28.8 Å². The molecule has 2 aromatic rings. The summed E-state index contributed by atoms with van der Waals surface area (Å²) in [5, 5.41) is 13.6. The van der Waals surface area contributed by atoms with E-state index in [9.17, 15) is 0 Å². The van der Waals surface area contributed by atoms with Crippen molar-refractivity contribution in [2.45, 2.75) is 33.4 Å². The Balaban J connectivity index is 2.25. The van der Waals surface area contributed by atoms with Crippen LogP contribution in [-0.4, -0.2) is 9.78 Å². The Bertz CT molecular complexity index is 688. The van der Waals surface area contributed by atoms with Crippen LogP contribution in [0.2, 0.25) is 0 Å². The Morgan fingerprint density at radius 1 is 1.43 bits per heavy atom. The zero-order valence-electron chi connectivity index (χ0n) is 12.1. The molecule has 0 bridgehead atoms. The number of aryl methyl sites for hydroxylation is 2. The number of benzene rings is 1. The first-order chi connectivity index (χ1) is 10.1. The van der Waals surface area contributed by atoms with Gasteiger partial charge in [0.15, 0.2) is 0 Å². The fourth-order valence-electron chi connectivity index (χ4n) is 2.06. The van der Waals surface area contributed by atoms with Crippen molar-refractivity contribution in [1.29, 1.82) is 5.26 Å². The van der Waals surface area contributed by atoms with Crippen LogP contribution in [0.5, 0.6) is 5.75 Å². The number of hydrogen-bond donors (Lipinski definition) is 1. The molecule has 0 saturated heterocycles. The lowest BCUT2D eigenvalue weighted by Gasteiger charge is -2.10. The molecule has 0 aliphatic rings. The quantitative estimate of drug-likeness (QED) is 0.841. The fraction of sp³-hybridized carbons (Fsp3) is 0.333. The molecular formula is C15H17BrN4O. The van der Waals surface area contributed by atoms with Gasteiger partial charge in [0.2, 0.25) is 0 Å². The van der Waals surface area contributed by atoms with E-state index in [-0.39, 0.29) is 0 Å². The molecule has 6 heteroatoms. The molecule has 0 fully saturated rings. The van der Waals surface area contributed by atoms with E-state index in [4.69, 9.17) is 15.7 Å². The predicted octanol–water partition coefficient (Wildman–Crippen LogP) is 3.26. The van der Waals surface area contributed by atoms with E-state index in [1.807, 2.05) is 11.6 Å². The van der Waals surface area contributed by atoms with Crippen LogP contribution in [0.3, 0.4) is 0 Å². The first-order valence-corrected chi connectivity index (χ1v) is 7.56. The van der Waals surface area contributed by atoms with Gasteiger partial charge in [0.1, 0.15) is 18.4 Å². The highest BCUT2D eigenvalue weighted by molar-refractivity contribution is 9.10. The molecular weight excluding hydrogens is 332 g/mol. The van der Waals surface area contributed by atoms with Crippen LogP contribution in [0.1, 0.15) is 30.8 Å². The summed E-state index contributed by atoms with van der Waals surface area (Å²) in [5.41, 5.74) is 8.63. The molecule has 110 valence electrons. The number of halogens is 1. The molecule has 0 spiro atoms. The number of hydrogen-bond acceptors (Lipinski definition) is 4. The number of nitrogens with two attached hydrogens (primary N) is 1. The average Bonchev–Trinajstić information content (AvgIpc) is 2.81. The maximum Gasteiger partial charge on any atom is 0.137 e. The molecule has 1 aromatic heterocycles. The van der Waals surface area contributed by atoms with Crippen molar-refractivity contribution >= 4 is 21.6 Å². The number of nitrogen functional groups attached to an aromatic ring is 1. The lowest BCUT2D eigenvalue weighted by Crippen LogP contribution is -2.07. The first-order valence-electron chi connectivity index (χ1n) is 6.77. The lowest BCUT2D eigenvalue weighted by atomic mass is 10.2. The Hall–Kier alpha value is -2.00. The van der Waals surface area contributed by atoms with E-state index in [2.05, 4.69) is 34.0 Å². The smallest absolute Gasteiger partial charge is 0.137 e. The second kappa shape index (κ2) is 6.64. The fourth-order valence-corrected chi connectivity index (χ4v) is 2.74. The third kappa shape index (κ3) is 3.19. The molecule has 0 radical (unpaired) electrons. The molecule has 0 aliphatic heterocycles. The number of rotatable bonds is 5. The summed E-state index contributed by atoms with van der Waals surface area (Å²) < 4.78 is 8.66. The summed E-state index contributed by atoms with van der Waals surface area (Å²) in [6, 6.07) is 7.14. The van der Waals surface area contributed by atoms with Crippen LogP contribution in [0.25, 0.3) is 0 Å². The molecule has 0 atom stereocenters. The zero-order valence-corrected chi connectivity index (χ0v) is 13.6. The predicted molar refractivity (Wildman–Crippen MR) is 84.9 cm³/mol. The summed E-state index contributed by atoms with van der Waals surface area (Å²) in [6.45, 7) is 5.21.